The van der Waals surface area contributed by atoms with Crippen molar-refractivity contribution in [3.05, 3.63) is 109 Å². The molecule has 0 saturated carbocycles. The summed E-state index contributed by atoms with van der Waals surface area (Å²) in [4.78, 5) is 38.0. The zero-order valence-electron chi connectivity index (χ0n) is 43.4. The summed E-state index contributed by atoms with van der Waals surface area (Å²) in [6.45, 7) is 6.40. The van der Waals surface area contributed by atoms with E-state index in [4.69, 9.17) is 14.2 Å². The third-order valence-corrected chi connectivity index (χ3v) is 11.3. The Morgan fingerprint density at radius 3 is 1.03 bits per heavy atom. The number of rotatable bonds is 48. The number of esters is 3. The summed E-state index contributed by atoms with van der Waals surface area (Å²) in [5, 5.41) is 0. The largest absolute Gasteiger partial charge is 0.462 e. The maximum atomic E-state index is 12.8. The lowest BCUT2D eigenvalue weighted by Crippen LogP contribution is -2.30. The Morgan fingerprint density at radius 2 is 0.612 bits per heavy atom. The number of hydrogen-bond acceptors (Lipinski definition) is 6. The molecule has 0 rings (SSSR count). The zero-order valence-corrected chi connectivity index (χ0v) is 43.4. The van der Waals surface area contributed by atoms with Crippen LogP contribution < -0.4 is 0 Å². The number of carbonyl (C=O) groups excluding carboxylic acids is 3. The van der Waals surface area contributed by atoms with E-state index in [2.05, 4.69) is 118 Å². The molecule has 6 heteroatoms. The first-order chi connectivity index (χ1) is 33.0. The molecule has 0 aromatic heterocycles. The first-order valence-electron chi connectivity index (χ1n) is 27.4. The summed E-state index contributed by atoms with van der Waals surface area (Å²) in [6.07, 6.45) is 73.7. The van der Waals surface area contributed by atoms with Gasteiger partial charge in [0.1, 0.15) is 13.2 Å². The summed E-state index contributed by atoms with van der Waals surface area (Å²) in [6, 6.07) is 0. The van der Waals surface area contributed by atoms with Gasteiger partial charge in [0.15, 0.2) is 6.10 Å². The van der Waals surface area contributed by atoms with Gasteiger partial charge in [0.05, 0.1) is 0 Å². The Kier molecular flexibility index (Phi) is 51.5. The molecule has 0 unspecified atom stereocenters. The van der Waals surface area contributed by atoms with Crippen LogP contribution in [0.25, 0.3) is 0 Å². The van der Waals surface area contributed by atoms with E-state index in [9.17, 15) is 14.4 Å². The van der Waals surface area contributed by atoms with Gasteiger partial charge in [-0.3, -0.25) is 14.4 Å². The van der Waals surface area contributed by atoms with E-state index in [-0.39, 0.29) is 44.0 Å². The van der Waals surface area contributed by atoms with Gasteiger partial charge in [0, 0.05) is 19.3 Å². The molecule has 0 saturated heterocycles. The first-order valence-corrected chi connectivity index (χ1v) is 27.4. The molecule has 0 radical (unpaired) electrons. The fraction of sp³-hybridized carbons (Fsp3) is 0.656. The smallest absolute Gasteiger partial charge is 0.306 e. The lowest BCUT2D eigenvalue weighted by atomic mass is 10.0. The van der Waals surface area contributed by atoms with Crippen LogP contribution in [0.4, 0.5) is 0 Å². The predicted molar refractivity (Wildman–Crippen MR) is 288 cm³/mol. The molecule has 0 spiro atoms. The van der Waals surface area contributed by atoms with E-state index in [1.807, 2.05) is 12.2 Å². The standard InChI is InChI=1S/C61H100O6/c1-4-7-10-13-16-19-22-25-28-29-30-31-34-36-39-42-45-48-51-54-60(63)66-57-58(67-61(64)55-52-49-46-43-40-37-33-27-24-21-18-15-12-9-6-3)56-65-59(62)53-50-47-44-41-38-35-32-26-23-20-17-14-11-8-5-2/h7,10,16,18-19,21,25,27-28,30-31,33,36,39-40,43,45,48,58H,4-6,8-9,11-15,17,20,22-24,26,29,32,34-35,37-38,41-42,44,46-47,49-57H2,1-3H3/b10-7-,19-16-,21-18-,28-25-,31-30-,33-27-,39-36-,43-40-,48-45-/t58-/m0/s1. The minimum atomic E-state index is -0.829. The first kappa shape index (κ1) is 63.1. The maximum absolute atomic E-state index is 12.8. The van der Waals surface area contributed by atoms with Gasteiger partial charge in [0.2, 0.25) is 0 Å². The van der Waals surface area contributed by atoms with Crippen LogP contribution in [0, 0.1) is 0 Å². The highest BCUT2D eigenvalue weighted by atomic mass is 16.6. The van der Waals surface area contributed by atoms with Gasteiger partial charge in [-0.2, -0.15) is 0 Å². The van der Waals surface area contributed by atoms with Crippen molar-refractivity contribution in [3.8, 4) is 0 Å². The summed E-state index contributed by atoms with van der Waals surface area (Å²) < 4.78 is 16.7. The molecule has 0 bridgehead atoms. The molecule has 6 nitrogen and oxygen atoms in total. The molecule has 0 aliphatic carbocycles. The number of ether oxygens (including phenoxy) is 3. The van der Waals surface area contributed by atoms with Crippen molar-refractivity contribution in [1.82, 2.24) is 0 Å². The fourth-order valence-corrected chi connectivity index (χ4v) is 7.18. The number of carbonyl (C=O) groups is 3. The molecule has 380 valence electrons. The van der Waals surface area contributed by atoms with Gasteiger partial charge in [-0.15, -0.1) is 0 Å². The van der Waals surface area contributed by atoms with Crippen LogP contribution in [0.2, 0.25) is 0 Å². The van der Waals surface area contributed by atoms with Gasteiger partial charge in [-0.05, 0) is 96.3 Å². The predicted octanol–water partition coefficient (Wildman–Crippen LogP) is 18.3. The SMILES string of the molecule is CC/C=C\C/C=C\C/C=C\C/C=C\C/C=C\C/C=C\CCC(=O)OC[C@H](COC(=O)CCCCCCCCCCCCCCCCC)OC(=O)CCCC/C=C\C/C=C\C/C=C\CCCCC. The lowest BCUT2D eigenvalue weighted by Gasteiger charge is -2.18. The molecule has 0 amide bonds. The summed E-state index contributed by atoms with van der Waals surface area (Å²) >= 11 is 0. The Bertz CT molecular complexity index is 1390. The molecule has 67 heavy (non-hydrogen) atoms. The van der Waals surface area contributed by atoms with Crippen LogP contribution >= 0.6 is 0 Å². The molecule has 0 aromatic rings. The van der Waals surface area contributed by atoms with Gasteiger partial charge in [-0.25, -0.2) is 0 Å². The second-order valence-electron chi connectivity index (χ2n) is 17.8. The third-order valence-electron chi connectivity index (χ3n) is 11.3. The van der Waals surface area contributed by atoms with Crippen LogP contribution in [-0.4, -0.2) is 37.2 Å². The Morgan fingerprint density at radius 1 is 0.313 bits per heavy atom. The Hall–Kier alpha value is -3.93. The molecule has 0 fully saturated rings. The average molecular weight is 929 g/mol. The number of unbranched alkanes of at least 4 members (excludes halogenated alkanes) is 19. The van der Waals surface area contributed by atoms with Crippen molar-refractivity contribution < 1.29 is 28.6 Å². The van der Waals surface area contributed by atoms with Crippen molar-refractivity contribution in [2.75, 3.05) is 13.2 Å². The molecule has 0 N–H and O–H groups in total. The van der Waals surface area contributed by atoms with Gasteiger partial charge >= 0.3 is 17.9 Å². The molecular weight excluding hydrogens is 829 g/mol. The average Bonchev–Trinajstić information content (AvgIpc) is 3.33. The molecule has 1 atom stereocenters. The summed E-state index contributed by atoms with van der Waals surface area (Å²) in [5.74, 6) is -1.04. The summed E-state index contributed by atoms with van der Waals surface area (Å²) in [7, 11) is 0. The van der Waals surface area contributed by atoms with Crippen LogP contribution in [0.3, 0.4) is 0 Å². The van der Waals surface area contributed by atoms with E-state index >= 15 is 0 Å². The fourth-order valence-electron chi connectivity index (χ4n) is 7.18. The zero-order chi connectivity index (χ0) is 48.6. The van der Waals surface area contributed by atoms with Crippen LogP contribution in [0.5, 0.6) is 0 Å². The Balaban J connectivity index is 4.56. The molecule has 0 aromatic carbocycles. The quantitative estimate of drug-likeness (QED) is 0.0262. The highest BCUT2D eigenvalue weighted by Crippen LogP contribution is 2.15. The lowest BCUT2D eigenvalue weighted by molar-refractivity contribution is -0.166. The van der Waals surface area contributed by atoms with E-state index in [1.54, 1.807) is 0 Å². The van der Waals surface area contributed by atoms with Crippen molar-refractivity contribution in [1.29, 1.82) is 0 Å². The van der Waals surface area contributed by atoms with Crippen molar-refractivity contribution >= 4 is 17.9 Å². The van der Waals surface area contributed by atoms with Gasteiger partial charge in [0.25, 0.3) is 0 Å². The summed E-state index contributed by atoms with van der Waals surface area (Å²) in [5.41, 5.74) is 0. The topological polar surface area (TPSA) is 78.9 Å². The van der Waals surface area contributed by atoms with Crippen LogP contribution in [0.15, 0.2) is 109 Å². The number of hydrogen-bond donors (Lipinski definition) is 0. The van der Waals surface area contributed by atoms with Crippen molar-refractivity contribution in [3.63, 3.8) is 0 Å². The molecule has 0 heterocycles. The van der Waals surface area contributed by atoms with Gasteiger partial charge in [-0.1, -0.05) is 233 Å². The van der Waals surface area contributed by atoms with Crippen LogP contribution in [-0.2, 0) is 28.6 Å². The number of allylic oxidation sites excluding steroid dienone is 18. The minimum Gasteiger partial charge on any atom is -0.462 e. The van der Waals surface area contributed by atoms with Gasteiger partial charge < -0.3 is 14.2 Å². The van der Waals surface area contributed by atoms with E-state index in [0.717, 1.165) is 83.5 Å². The monoisotopic (exact) mass is 929 g/mol. The highest BCUT2D eigenvalue weighted by molar-refractivity contribution is 5.71. The van der Waals surface area contributed by atoms with Crippen molar-refractivity contribution in [2.24, 2.45) is 0 Å². The molecule has 0 aliphatic rings. The second kappa shape index (κ2) is 54.7. The third kappa shape index (κ3) is 52.9. The minimum absolute atomic E-state index is 0.116. The maximum Gasteiger partial charge on any atom is 0.306 e. The molecule has 0 aliphatic heterocycles. The highest BCUT2D eigenvalue weighted by Gasteiger charge is 2.19. The van der Waals surface area contributed by atoms with E-state index in [0.29, 0.717) is 19.3 Å². The van der Waals surface area contributed by atoms with E-state index < -0.39 is 6.10 Å². The Labute approximate surface area is 412 Å². The molecular formula is C61H100O6. The van der Waals surface area contributed by atoms with E-state index in [1.165, 1.54) is 103 Å². The van der Waals surface area contributed by atoms with Crippen LogP contribution in [0.1, 0.15) is 239 Å². The second-order valence-corrected chi connectivity index (χ2v) is 17.8. The van der Waals surface area contributed by atoms with Crippen molar-refractivity contribution in [2.45, 2.75) is 245 Å². The normalized spacial score (nSPS) is 12.9.